The highest BCUT2D eigenvalue weighted by Crippen LogP contribution is 2.25. The van der Waals surface area contributed by atoms with E-state index in [4.69, 9.17) is 0 Å². The van der Waals surface area contributed by atoms with Crippen LogP contribution in [0, 0.1) is 0 Å². The number of benzene rings is 2. The quantitative estimate of drug-likeness (QED) is 0.591. The number of tetrazole rings is 1. The number of aromatic amines is 1. The maximum atomic E-state index is 12.6. The highest BCUT2D eigenvalue weighted by Gasteiger charge is 2.16. The topological polar surface area (TPSA) is 87.7 Å². The van der Waals surface area contributed by atoms with Gasteiger partial charge in [-0.1, -0.05) is 31.2 Å². The van der Waals surface area contributed by atoms with Crippen molar-refractivity contribution in [2.45, 2.75) is 19.9 Å². The lowest BCUT2D eigenvalue weighted by Gasteiger charge is -2.23. The number of carbonyl (C=O) groups excluding carboxylic acids is 1. The van der Waals surface area contributed by atoms with Crippen LogP contribution in [0.25, 0.3) is 22.3 Å². The van der Waals surface area contributed by atoms with Gasteiger partial charge in [0.05, 0.1) is 12.1 Å². The molecule has 0 fully saturated rings. The summed E-state index contributed by atoms with van der Waals surface area (Å²) in [7, 11) is 0. The number of H-pyrrole nitrogens is 1. The molecule has 4 aromatic rings. The zero-order valence-corrected chi connectivity index (χ0v) is 14.8. The lowest BCUT2D eigenvalue weighted by Crippen LogP contribution is -2.29. The molecule has 2 aromatic heterocycles. The van der Waals surface area contributed by atoms with Crippen molar-refractivity contribution in [3.63, 3.8) is 0 Å². The van der Waals surface area contributed by atoms with Crippen LogP contribution < -0.4 is 4.90 Å². The van der Waals surface area contributed by atoms with E-state index < -0.39 is 0 Å². The zero-order chi connectivity index (χ0) is 18.6. The molecule has 1 amide bonds. The van der Waals surface area contributed by atoms with Crippen molar-refractivity contribution in [2.24, 2.45) is 0 Å². The first-order chi connectivity index (χ1) is 13.2. The molecule has 4 rings (SSSR count). The van der Waals surface area contributed by atoms with Crippen LogP contribution in [0.15, 0.2) is 60.8 Å². The Morgan fingerprint density at radius 2 is 2.04 bits per heavy atom. The Bertz CT molecular complexity index is 1080. The second-order valence-corrected chi connectivity index (χ2v) is 6.16. The van der Waals surface area contributed by atoms with Crippen LogP contribution in [0.4, 0.5) is 5.69 Å². The molecule has 0 atom stereocenters. The summed E-state index contributed by atoms with van der Waals surface area (Å²) >= 11 is 0. The predicted molar refractivity (Wildman–Crippen MR) is 103 cm³/mol. The standard InChI is InChI=1S/C20H18N6O/c1-2-19(27)26(13-14-8-9-18-15(11-14)6-4-10-21-18)17-7-3-5-16(12-17)20-22-24-25-23-20/h3-12H,2,13H2,1H3,(H,22,23,24,25). The number of nitrogens with zero attached hydrogens (tertiary/aromatic N) is 5. The molecule has 0 aliphatic rings. The van der Waals surface area contributed by atoms with Gasteiger partial charge in [-0.3, -0.25) is 9.78 Å². The summed E-state index contributed by atoms with van der Waals surface area (Å²) in [5.41, 5.74) is 3.62. The van der Waals surface area contributed by atoms with Gasteiger partial charge in [0, 0.05) is 29.3 Å². The monoisotopic (exact) mass is 358 g/mol. The summed E-state index contributed by atoms with van der Waals surface area (Å²) in [5, 5.41) is 15.0. The third kappa shape index (κ3) is 3.52. The fourth-order valence-corrected chi connectivity index (χ4v) is 3.02. The minimum Gasteiger partial charge on any atom is -0.308 e. The first kappa shape index (κ1) is 16.8. The molecular formula is C20H18N6O. The maximum Gasteiger partial charge on any atom is 0.227 e. The van der Waals surface area contributed by atoms with E-state index in [2.05, 4.69) is 31.7 Å². The number of fused-ring (bicyclic) bond motifs is 1. The van der Waals surface area contributed by atoms with E-state index in [-0.39, 0.29) is 5.91 Å². The maximum absolute atomic E-state index is 12.6. The van der Waals surface area contributed by atoms with Gasteiger partial charge < -0.3 is 4.90 Å². The van der Waals surface area contributed by atoms with Crippen molar-refractivity contribution in [1.82, 2.24) is 25.6 Å². The summed E-state index contributed by atoms with van der Waals surface area (Å²) in [6, 6.07) is 17.6. The van der Waals surface area contributed by atoms with Crippen LogP contribution in [0.1, 0.15) is 18.9 Å². The van der Waals surface area contributed by atoms with Gasteiger partial charge in [-0.25, -0.2) is 5.10 Å². The van der Waals surface area contributed by atoms with Gasteiger partial charge in [-0.15, -0.1) is 5.10 Å². The van der Waals surface area contributed by atoms with E-state index in [9.17, 15) is 4.79 Å². The van der Waals surface area contributed by atoms with Gasteiger partial charge in [0.1, 0.15) is 0 Å². The molecule has 7 heteroatoms. The molecule has 7 nitrogen and oxygen atoms in total. The first-order valence-corrected chi connectivity index (χ1v) is 8.73. The van der Waals surface area contributed by atoms with Crippen molar-refractivity contribution in [3.05, 3.63) is 66.4 Å². The molecule has 0 spiro atoms. The highest BCUT2D eigenvalue weighted by molar-refractivity contribution is 5.93. The molecule has 0 bridgehead atoms. The van der Waals surface area contributed by atoms with Crippen molar-refractivity contribution < 1.29 is 4.79 Å². The molecule has 0 aliphatic heterocycles. The summed E-state index contributed by atoms with van der Waals surface area (Å²) < 4.78 is 0. The Morgan fingerprint density at radius 1 is 1.11 bits per heavy atom. The molecule has 134 valence electrons. The van der Waals surface area contributed by atoms with Crippen LogP contribution in [0.3, 0.4) is 0 Å². The molecule has 0 radical (unpaired) electrons. The third-order valence-electron chi connectivity index (χ3n) is 4.39. The first-order valence-electron chi connectivity index (χ1n) is 8.73. The zero-order valence-electron chi connectivity index (χ0n) is 14.8. The minimum atomic E-state index is 0.0501. The van der Waals surface area contributed by atoms with Crippen molar-refractivity contribution in [2.75, 3.05) is 4.90 Å². The summed E-state index contributed by atoms with van der Waals surface area (Å²) in [5.74, 6) is 0.617. The smallest absolute Gasteiger partial charge is 0.227 e. The molecule has 2 aromatic carbocycles. The summed E-state index contributed by atoms with van der Waals surface area (Å²) in [6.07, 6.45) is 2.20. The van der Waals surface area contributed by atoms with Crippen LogP contribution in [0.2, 0.25) is 0 Å². The number of anilines is 1. The number of hydrogen-bond donors (Lipinski definition) is 1. The van der Waals surface area contributed by atoms with Crippen LogP contribution in [0.5, 0.6) is 0 Å². The number of rotatable bonds is 5. The van der Waals surface area contributed by atoms with Gasteiger partial charge >= 0.3 is 0 Å². The van der Waals surface area contributed by atoms with Gasteiger partial charge in [-0.2, -0.15) is 0 Å². The van der Waals surface area contributed by atoms with E-state index in [0.717, 1.165) is 27.7 Å². The Hall–Kier alpha value is -3.61. The number of nitrogens with one attached hydrogen (secondary N) is 1. The van der Waals surface area contributed by atoms with Gasteiger partial charge in [0.25, 0.3) is 0 Å². The molecule has 0 unspecified atom stereocenters. The molecule has 0 saturated heterocycles. The van der Waals surface area contributed by atoms with Gasteiger partial charge in [0.2, 0.25) is 5.91 Å². The van der Waals surface area contributed by atoms with E-state index in [1.807, 2.05) is 55.5 Å². The summed E-state index contributed by atoms with van der Waals surface area (Å²) in [6.45, 7) is 2.35. The Balaban J connectivity index is 1.69. The average molecular weight is 358 g/mol. The Morgan fingerprint density at radius 3 is 2.85 bits per heavy atom. The molecule has 0 saturated carbocycles. The number of carbonyl (C=O) groups is 1. The second kappa shape index (κ2) is 7.33. The average Bonchev–Trinajstić information content (AvgIpc) is 3.26. The largest absolute Gasteiger partial charge is 0.308 e. The number of amides is 1. The SMILES string of the molecule is CCC(=O)N(Cc1ccc2ncccc2c1)c1cccc(-c2nnn[nH]2)c1. The number of pyridine rings is 1. The predicted octanol–water partition coefficient (Wildman–Crippen LogP) is 3.36. The second-order valence-electron chi connectivity index (χ2n) is 6.16. The van der Waals surface area contributed by atoms with Crippen molar-refractivity contribution in [1.29, 1.82) is 0 Å². The van der Waals surface area contributed by atoms with Crippen LogP contribution >= 0.6 is 0 Å². The minimum absolute atomic E-state index is 0.0501. The number of hydrogen-bond acceptors (Lipinski definition) is 5. The molecule has 0 aliphatic carbocycles. The molecule has 27 heavy (non-hydrogen) atoms. The van der Waals surface area contributed by atoms with Crippen molar-refractivity contribution >= 4 is 22.5 Å². The Labute approximate surface area is 156 Å². The normalized spacial score (nSPS) is 10.9. The lowest BCUT2D eigenvalue weighted by atomic mass is 10.1. The number of aromatic nitrogens is 5. The third-order valence-corrected chi connectivity index (χ3v) is 4.39. The van der Waals surface area contributed by atoms with Crippen LogP contribution in [-0.4, -0.2) is 31.5 Å². The fourth-order valence-electron chi connectivity index (χ4n) is 3.02. The highest BCUT2D eigenvalue weighted by atomic mass is 16.2. The van der Waals surface area contributed by atoms with Crippen LogP contribution in [-0.2, 0) is 11.3 Å². The molecule has 1 N–H and O–H groups in total. The Kier molecular flexibility index (Phi) is 4.57. The summed E-state index contributed by atoms with van der Waals surface area (Å²) in [4.78, 5) is 18.8. The molecular weight excluding hydrogens is 340 g/mol. The lowest BCUT2D eigenvalue weighted by molar-refractivity contribution is -0.118. The van der Waals surface area contributed by atoms with E-state index >= 15 is 0 Å². The van der Waals surface area contributed by atoms with E-state index in [1.54, 1.807) is 11.1 Å². The van der Waals surface area contributed by atoms with Gasteiger partial charge in [-0.05, 0) is 46.3 Å². The van der Waals surface area contributed by atoms with Crippen molar-refractivity contribution in [3.8, 4) is 11.4 Å². The fraction of sp³-hybridized carbons (Fsp3) is 0.150. The molecule has 2 heterocycles. The van der Waals surface area contributed by atoms with E-state index in [1.165, 1.54) is 0 Å². The van der Waals surface area contributed by atoms with Gasteiger partial charge in [0.15, 0.2) is 5.82 Å². The van der Waals surface area contributed by atoms with E-state index in [0.29, 0.717) is 18.8 Å².